The summed E-state index contributed by atoms with van der Waals surface area (Å²) in [6, 6.07) is 6.52. The lowest BCUT2D eigenvalue weighted by Crippen LogP contribution is -2.40. The van der Waals surface area contributed by atoms with Crippen LogP contribution in [0.4, 0.5) is 4.39 Å². The van der Waals surface area contributed by atoms with Crippen LogP contribution in [0.5, 0.6) is 0 Å². The average molecular weight is 377 g/mol. The van der Waals surface area contributed by atoms with Crippen LogP contribution < -0.4 is 0 Å². The van der Waals surface area contributed by atoms with E-state index in [-0.39, 0.29) is 11.7 Å². The SMILES string of the molecule is CC1CCC(N(C)C(=O)CSc2nnc(-c3ccc(F)cc3)n2C)CC1. The summed E-state index contributed by atoms with van der Waals surface area (Å²) in [7, 11) is 3.77. The summed E-state index contributed by atoms with van der Waals surface area (Å²) in [6.07, 6.45) is 4.57. The third-order valence-electron chi connectivity index (χ3n) is 5.19. The summed E-state index contributed by atoms with van der Waals surface area (Å²) < 4.78 is 14.9. The minimum atomic E-state index is -0.281. The summed E-state index contributed by atoms with van der Waals surface area (Å²) in [5.74, 6) is 1.62. The van der Waals surface area contributed by atoms with Crippen LogP contribution in [0.3, 0.4) is 0 Å². The van der Waals surface area contributed by atoms with Gasteiger partial charge in [-0.1, -0.05) is 18.7 Å². The Labute approximate surface area is 158 Å². The number of halogens is 1. The van der Waals surface area contributed by atoms with Gasteiger partial charge in [-0.3, -0.25) is 4.79 Å². The van der Waals surface area contributed by atoms with Crippen LogP contribution >= 0.6 is 11.8 Å². The molecular weight excluding hydrogens is 351 g/mol. The Morgan fingerprint density at radius 1 is 1.23 bits per heavy atom. The van der Waals surface area contributed by atoms with Crippen molar-refractivity contribution in [1.29, 1.82) is 0 Å². The van der Waals surface area contributed by atoms with Crippen molar-refractivity contribution in [3.8, 4) is 11.4 Å². The summed E-state index contributed by atoms with van der Waals surface area (Å²) in [4.78, 5) is 14.4. The Morgan fingerprint density at radius 3 is 2.54 bits per heavy atom. The van der Waals surface area contributed by atoms with Crippen molar-refractivity contribution in [2.45, 2.75) is 43.8 Å². The first-order chi connectivity index (χ1) is 12.5. The summed E-state index contributed by atoms with van der Waals surface area (Å²) >= 11 is 1.39. The van der Waals surface area contributed by atoms with Gasteiger partial charge in [-0.25, -0.2) is 4.39 Å². The minimum absolute atomic E-state index is 0.126. The normalized spacial score (nSPS) is 20.2. The van der Waals surface area contributed by atoms with Gasteiger partial charge in [0.15, 0.2) is 11.0 Å². The molecule has 0 saturated heterocycles. The second-order valence-corrected chi connectivity index (χ2v) is 8.02. The van der Waals surface area contributed by atoms with Crippen LogP contribution in [-0.4, -0.2) is 44.4 Å². The fourth-order valence-corrected chi connectivity index (χ4v) is 4.19. The first kappa shape index (κ1) is 18.9. The number of carbonyl (C=O) groups is 1. The molecule has 1 heterocycles. The molecule has 3 rings (SSSR count). The molecule has 7 heteroatoms. The third kappa shape index (κ3) is 4.26. The lowest BCUT2D eigenvalue weighted by atomic mass is 9.87. The molecule has 140 valence electrons. The number of thioether (sulfide) groups is 1. The number of amides is 1. The van der Waals surface area contributed by atoms with E-state index in [1.165, 1.54) is 36.7 Å². The van der Waals surface area contributed by atoms with Gasteiger partial charge in [0.25, 0.3) is 0 Å². The number of nitrogens with zero attached hydrogens (tertiary/aromatic N) is 4. The Morgan fingerprint density at radius 2 is 1.88 bits per heavy atom. The van der Waals surface area contributed by atoms with Gasteiger partial charge in [0.1, 0.15) is 5.82 Å². The Hall–Kier alpha value is -1.89. The van der Waals surface area contributed by atoms with Crippen molar-refractivity contribution >= 4 is 17.7 Å². The number of hydrogen-bond donors (Lipinski definition) is 0. The smallest absolute Gasteiger partial charge is 0.233 e. The van der Waals surface area contributed by atoms with Gasteiger partial charge in [0, 0.05) is 25.7 Å². The molecular formula is C19H25FN4OS. The van der Waals surface area contributed by atoms with E-state index in [9.17, 15) is 9.18 Å². The largest absolute Gasteiger partial charge is 0.342 e. The molecule has 1 saturated carbocycles. The zero-order chi connectivity index (χ0) is 18.7. The van der Waals surface area contributed by atoms with Crippen LogP contribution in [-0.2, 0) is 11.8 Å². The van der Waals surface area contributed by atoms with E-state index < -0.39 is 0 Å². The quantitative estimate of drug-likeness (QED) is 0.746. The van der Waals surface area contributed by atoms with Crippen molar-refractivity contribution in [1.82, 2.24) is 19.7 Å². The van der Waals surface area contributed by atoms with Crippen LogP contribution in [0, 0.1) is 11.7 Å². The number of aromatic nitrogens is 3. The number of carbonyl (C=O) groups excluding carboxylic acids is 1. The van der Waals surface area contributed by atoms with Gasteiger partial charge in [0.05, 0.1) is 5.75 Å². The maximum Gasteiger partial charge on any atom is 0.233 e. The molecule has 2 aromatic rings. The maximum atomic E-state index is 13.1. The highest BCUT2D eigenvalue weighted by molar-refractivity contribution is 7.99. The molecule has 26 heavy (non-hydrogen) atoms. The Kier molecular flexibility index (Phi) is 5.96. The molecule has 0 unspecified atom stereocenters. The molecule has 1 aromatic heterocycles. The van der Waals surface area contributed by atoms with E-state index in [0.29, 0.717) is 22.8 Å². The van der Waals surface area contributed by atoms with Gasteiger partial charge in [-0.05, 0) is 55.9 Å². The molecule has 5 nitrogen and oxygen atoms in total. The van der Waals surface area contributed by atoms with Crippen LogP contribution in [0.25, 0.3) is 11.4 Å². The number of rotatable bonds is 5. The van der Waals surface area contributed by atoms with E-state index in [1.807, 2.05) is 23.6 Å². The fourth-order valence-electron chi connectivity index (χ4n) is 3.35. The standard InChI is InChI=1S/C19H25FN4OS/c1-13-4-10-16(11-5-13)23(2)17(25)12-26-19-22-21-18(24(19)3)14-6-8-15(20)9-7-14/h6-9,13,16H,4-5,10-12H2,1-3H3. The lowest BCUT2D eigenvalue weighted by Gasteiger charge is -2.33. The monoisotopic (exact) mass is 376 g/mol. The van der Waals surface area contributed by atoms with Crippen LogP contribution in [0.15, 0.2) is 29.4 Å². The summed E-state index contributed by atoms with van der Waals surface area (Å²) in [5, 5.41) is 9.04. The van der Waals surface area contributed by atoms with Crippen LogP contribution in [0.1, 0.15) is 32.6 Å². The second kappa shape index (κ2) is 8.20. The third-order valence-corrected chi connectivity index (χ3v) is 6.19. The Bertz CT molecular complexity index is 753. The Balaban J connectivity index is 1.59. The average Bonchev–Trinajstić information content (AvgIpc) is 3.01. The van der Waals surface area contributed by atoms with E-state index in [1.54, 1.807) is 12.1 Å². The molecule has 0 N–H and O–H groups in total. The highest BCUT2D eigenvalue weighted by atomic mass is 32.2. The first-order valence-electron chi connectivity index (χ1n) is 8.99. The molecule has 0 aliphatic heterocycles. The van der Waals surface area contributed by atoms with E-state index in [0.717, 1.165) is 24.3 Å². The van der Waals surface area contributed by atoms with Crippen molar-refractivity contribution in [2.24, 2.45) is 13.0 Å². The van der Waals surface area contributed by atoms with Gasteiger partial charge < -0.3 is 9.47 Å². The van der Waals surface area contributed by atoms with E-state index in [4.69, 9.17) is 0 Å². The highest BCUT2D eigenvalue weighted by Crippen LogP contribution is 2.28. The fraction of sp³-hybridized carbons (Fsp3) is 0.526. The molecule has 0 radical (unpaired) electrons. The molecule has 0 spiro atoms. The molecule has 1 fully saturated rings. The van der Waals surface area contributed by atoms with Gasteiger partial charge in [0.2, 0.25) is 5.91 Å². The van der Waals surface area contributed by atoms with Crippen molar-refractivity contribution in [3.05, 3.63) is 30.1 Å². The van der Waals surface area contributed by atoms with E-state index >= 15 is 0 Å². The predicted molar refractivity (Wildman–Crippen MR) is 101 cm³/mol. The molecule has 1 amide bonds. The zero-order valence-electron chi connectivity index (χ0n) is 15.5. The lowest BCUT2D eigenvalue weighted by molar-refractivity contribution is -0.129. The minimum Gasteiger partial charge on any atom is -0.342 e. The zero-order valence-corrected chi connectivity index (χ0v) is 16.3. The summed E-state index contributed by atoms with van der Waals surface area (Å²) in [6.45, 7) is 2.28. The number of hydrogen-bond acceptors (Lipinski definition) is 4. The topological polar surface area (TPSA) is 51.0 Å². The molecule has 0 atom stereocenters. The maximum absolute atomic E-state index is 13.1. The molecule has 0 bridgehead atoms. The van der Waals surface area contributed by atoms with Crippen molar-refractivity contribution < 1.29 is 9.18 Å². The summed E-state index contributed by atoms with van der Waals surface area (Å²) in [5.41, 5.74) is 0.799. The number of benzene rings is 1. The predicted octanol–water partition coefficient (Wildman–Crippen LogP) is 3.75. The van der Waals surface area contributed by atoms with Crippen LogP contribution in [0.2, 0.25) is 0 Å². The molecule has 1 aromatic carbocycles. The van der Waals surface area contributed by atoms with Gasteiger partial charge >= 0.3 is 0 Å². The molecule has 1 aliphatic carbocycles. The van der Waals surface area contributed by atoms with E-state index in [2.05, 4.69) is 17.1 Å². The molecule has 1 aliphatic rings. The van der Waals surface area contributed by atoms with Crippen molar-refractivity contribution in [3.63, 3.8) is 0 Å². The highest BCUT2D eigenvalue weighted by Gasteiger charge is 2.25. The van der Waals surface area contributed by atoms with Gasteiger partial charge in [-0.2, -0.15) is 0 Å². The van der Waals surface area contributed by atoms with Crippen molar-refractivity contribution in [2.75, 3.05) is 12.8 Å². The second-order valence-electron chi connectivity index (χ2n) is 7.08. The first-order valence-corrected chi connectivity index (χ1v) is 9.98. The van der Waals surface area contributed by atoms with Gasteiger partial charge in [-0.15, -0.1) is 10.2 Å².